The summed E-state index contributed by atoms with van der Waals surface area (Å²) in [6, 6.07) is 14.8. The summed E-state index contributed by atoms with van der Waals surface area (Å²) in [6.45, 7) is 2.77. The molecular weight excluding hydrogens is 265 g/mol. The quantitative estimate of drug-likeness (QED) is 0.744. The van der Waals surface area contributed by atoms with Gasteiger partial charge in [0.25, 0.3) is 0 Å². The van der Waals surface area contributed by atoms with Crippen LogP contribution >= 0.6 is 0 Å². The number of nitrogens with one attached hydrogen (secondary N) is 2. The van der Waals surface area contributed by atoms with E-state index in [0.29, 0.717) is 6.54 Å². The highest BCUT2D eigenvalue weighted by Crippen LogP contribution is 2.18. The molecule has 3 rings (SSSR count). The van der Waals surface area contributed by atoms with Crippen molar-refractivity contribution in [2.45, 2.75) is 25.9 Å². The largest absolute Gasteiger partial charge is 0.341 e. The lowest BCUT2D eigenvalue weighted by Gasteiger charge is -2.16. The molecule has 0 bridgehead atoms. The summed E-state index contributed by atoms with van der Waals surface area (Å²) in [5.41, 5.74) is 3.11. The first-order valence-corrected chi connectivity index (χ1v) is 7.18. The van der Waals surface area contributed by atoms with Crippen LogP contribution in [0.25, 0.3) is 11.0 Å². The van der Waals surface area contributed by atoms with E-state index < -0.39 is 0 Å². The minimum absolute atomic E-state index is 0.193. The van der Waals surface area contributed by atoms with Crippen LogP contribution in [0.2, 0.25) is 0 Å². The molecule has 0 fully saturated rings. The number of hydrogen-bond donors (Lipinski definition) is 2. The zero-order chi connectivity index (χ0) is 14.7. The van der Waals surface area contributed by atoms with E-state index in [1.807, 2.05) is 36.4 Å². The molecule has 108 valence electrons. The fourth-order valence-corrected chi connectivity index (χ4v) is 2.50. The molecule has 3 nitrogen and oxygen atoms in total. The van der Waals surface area contributed by atoms with Crippen molar-refractivity contribution in [2.24, 2.45) is 0 Å². The monoisotopic (exact) mass is 283 g/mol. The molecule has 0 saturated heterocycles. The number of halogens is 1. The first-order valence-electron chi connectivity index (χ1n) is 7.18. The average molecular weight is 283 g/mol. The van der Waals surface area contributed by atoms with Gasteiger partial charge in [0.15, 0.2) is 0 Å². The predicted octanol–water partition coefficient (Wildman–Crippen LogP) is 3.94. The summed E-state index contributed by atoms with van der Waals surface area (Å²) in [7, 11) is 0. The molecule has 2 aromatic carbocycles. The third kappa shape index (κ3) is 3.11. The van der Waals surface area contributed by atoms with E-state index in [0.717, 1.165) is 28.8 Å². The van der Waals surface area contributed by atoms with Crippen LogP contribution in [-0.4, -0.2) is 9.97 Å². The van der Waals surface area contributed by atoms with E-state index in [4.69, 9.17) is 0 Å². The Hall–Kier alpha value is -2.20. The van der Waals surface area contributed by atoms with Crippen LogP contribution in [0.4, 0.5) is 4.39 Å². The number of fused-ring (bicyclic) bond motifs is 1. The van der Waals surface area contributed by atoms with Crippen molar-refractivity contribution in [1.82, 2.24) is 15.3 Å². The zero-order valence-corrected chi connectivity index (χ0v) is 11.9. The van der Waals surface area contributed by atoms with Crippen molar-refractivity contribution in [2.75, 3.05) is 0 Å². The molecule has 3 aromatic rings. The molecular formula is C17H18FN3. The molecule has 0 radical (unpaired) electrons. The van der Waals surface area contributed by atoms with E-state index in [9.17, 15) is 4.39 Å². The summed E-state index contributed by atoms with van der Waals surface area (Å²) in [5.74, 6) is 0.711. The molecule has 4 heteroatoms. The van der Waals surface area contributed by atoms with E-state index >= 15 is 0 Å². The molecule has 0 amide bonds. The van der Waals surface area contributed by atoms with E-state index in [-0.39, 0.29) is 11.9 Å². The van der Waals surface area contributed by atoms with E-state index in [2.05, 4.69) is 22.2 Å². The van der Waals surface area contributed by atoms with Crippen molar-refractivity contribution in [3.63, 3.8) is 0 Å². The zero-order valence-electron chi connectivity index (χ0n) is 11.9. The molecule has 0 spiro atoms. The highest BCUT2D eigenvalue weighted by Gasteiger charge is 2.10. The molecule has 21 heavy (non-hydrogen) atoms. The van der Waals surface area contributed by atoms with Crippen LogP contribution in [-0.2, 0) is 6.54 Å². The summed E-state index contributed by atoms with van der Waals surface area (Å²) in [6.07, 6.45) is 0.936. The molecule has 0 aliphatic carbocycles. The van der Waals surface area contributed by atoms with Gasteiger partial charge in [-0.25, -0.2) is 9.37 Å². The molecule has 0 aliphatic heterocycles. The van der Waals surface area contributed by atoms with Gasteiger partial charge >= 0.3 is 0 Å². The van der Waals surface area contributed by atoms with Crippen molar-refractivity contribution in [1.29, 1.82) is 0 Å². The number of aromatic amines is 1. The summed E-state index contributed by atoms with van der Waals surface area (Å²) in [5, 5.41) is 3.47. The summed E-state index contributed by atoms with van der Waals surface area (Å²) in [4.78, 5) is 7.85. The number of benzene rings is 2. The fourth-order valence-electron chi connectivity index (χ4n) is 2.50. The van der Waals surface area contributed by atoms with Crippen LogP contribution in [0, 0.1) is 5.82 Å². The van der Waals surface area contributed by atoms with Gasteiger partial charge in [-0.15, -0.1) is 0 Å². The van der Waals surface area contributed by atoms with Gasteiger partial charge in [-0.1, -0.05) is 31.2 Å². The Kier molecular flexibility index (Phi) is 3.97. The van der Waals surface area contributed by atoms with Gasteiger partial charge in [-0.2, -0.15) is 0 Å². The van der Waals surface area contributed by atoms with Gasteiger partial charge < -0.3 is 10.3 Å². The van der Waals surface area contributed by atoms with Crippen molar-refractivity contribution < 1.29 is 4.39 Å². The molecule has 0 saturated carbocycles. The van der Waals surface area contributed by atoms with Crippen LogP contribution in [0.5, 0.6) is 0 Å². The maximum Gasteiger partial charge on any atom is 0.123 e. The third-order valence-electron chi connectivity index (χ3n) is 3.63. The second-order valence-electron chi connectivity index (χ2n) is 5.09. The SMILES string of the molecule is CCC(NCc1nc2ccccc2[nH]1)c1ccc(F)cc1. The van der Waals surface area contributed by atoms with Gasteiger partial charge in [0.1, 0.15) is 11.6 Å². The van der Waals surface area contributed by atoms with Crippen molar-refractivity contribution >= 4 is 11.0 Å². The van der Waals surface area contributed by atoms with Crippen molar-refractivity contribution in [3.8, 4) is 0 Å². The third-order valence-corrected chi connectivity index (χ3v) is 3.63. The summed E-state index contributed by atoms with van der Waals surface area (Å²) < 4.78 is 13.0. The lowest BCUT2D eigenvalue weighted by molar-refractivity contribution is 0.509. The number of imidazole rings is 1. The Morgan fingerprint density at radius 3 is 2.62 bits per heavy atom. The number of hydrogen-bond acceptors (Lipinski definition) is 2. The van der Waals surface area contributed by atoms with Gasteiger partial charge in [-0.05, 0) is 36.2 Å². The number of rotatable bonds is 5. The predicted molar refractivity (Wildman–Crippen MR) is 82.4 cm³/mol. The topological polar surface area (TPSA) is 40.7 Å². The second kappa shape index (κ2) is 6.06. The Balaban J connectivity index is 1.71. The first-order chi connectivity index (χ1) is 10.3. The number of H-pyrrole nitrogens is 1. The highest BCUT2D eigenvalue weighted by molar-refractivity contribution is 5.74. The summed E-state index contributed by atoms with van der Waals surface area (Å²) >= 11 is 0. The molecule has 0 aliphatic rings. The van der Waals surface area contributed by atoms with E-state index in [1.165, 1.54) is 12.1 Å². The maximum absolute atomic E-state index is 13.0. The minimum atomic E-state index is -0.203. The van der Waals surface area contributed by atoms with Gasteiger partial charge in [0.2, 0.25) is 0 Å². The molecule has 1 aromatic heterocycles. The van der Waals surface area contributed by atoms with Crippen LogP contribution in [0.1, 0.15) is 30.8 Å². The maximum atomic E-state index is 13.0. The van der Waals surface area contributed by atoms with Crippen LogP contribution < -0.4 is 5.32 Å². The minimum Gasteiger partial charge on any atom is -0.341 e. The molecule has 1 unspecified atom stereocenters. The van der Waals surface area contributed by atoms with Crippen LogP contribution in [0.15, 0.2) is 48.5 Å². The van der Waals surface area contributed by atoms with Gasteiger partial charge in [0.05, 0.1) is 17.6 Å². The normalized spacial score (nSPS) is 12.7. The van der Waals surface area contributed by atoms with Crippen molar-refractivity contribution in [3.05, 3.63) is 65.7 Å². The second-order valence-corrected chi connectivity index (χ2v) is 5.09. The molecule has 1 atom stereocenters. The number of aromatic nitrogens is 2. The average Bonchev–Trinajstić information content (AvgIpc) is 2.92. The Morgan fingerprint density at radius 2 is 1.90 bits per heavy atom. The van der Waals surface area contributed by atoms with Gasteiger partial charge in [-0.3, -0.25) is 0 Å². The number of nitrogens with zero attached hydrogens (tertiary/aromatic N) is 1. The lowest BCUT2D eigenvalue weighted by Crippen LogP contribution is -2.20. The Bertz CT molecular complexity index is 685. The van der Waals surface area contributed by atoms with Gasteiger partial charge in [0, 0.05) is 6.04 Å². The Morgan fingerprint density at radius 1 is 1.14 bits per heavy atom. The van der Waals surface area contributed by atoms with Crippen LogP contribution in [0.3, 0.4) is 0 Å². The Labute approximate surface area is 123 Å². The molecule has 2 N–H and O–H groups in total. The highest BCUT2D eigenvalue weighted by atomic mass is 19.1. The fraction of sp³-hybridized carbons (Fsp3) is 0.235. The number of para-hydroxylation sites is 2. The lowest BCUT2D eigenvalue weighted by atomic mass is 10.0. The van der Waals surface area contributed by atoms with E-state index in [1.54, 1.807) is 0 Å². The first kappa shape index (κ1) is 13.8. The smallest absolute Gasteiger partial charge is 0.123 e. The standard InChI is InChI=1S/C17H18FN3/c1-2-14(12-7-9-13(18)10-8-12)19-11-17-20-15-5-3-4-6-16(15)21-17/h3-10,14,19H,2,11H2,1H3,(H,20,21). The molecule has 1 heterocycles.